The standard InChI is InChI=1S/C25H25ClN2O5S2/c1-2-33-25(30)23-20-13-6-7-14-21(20)34-24(23)27-22(29)16-28(18-10-8-9-17(26)15-18)35(31,32)19-11-4-3-5-12-19/h3-5,8-12,15H,2,6-7,13-14,16H2,1H3,(H,27,29). The molecule has 7 nitrogen and oxygen atoms in total. The second-order valence-corrected chi connectivity index (χ2v) is 11.4. The number of ether oxygens (including phenoxy) is 1. The van der Waals surface area contributed by atoms with Crippen LogP contribution in [0.2, 0.25) is 5.02 Å². The van der Waals surface area contributed by atoms with E-state index >= 15 is 0 Å². The Balaban J connectivity index is 1.67. The zero-order valence-electron chi connectivity index (χ0n) is 19.1. The minimum absolute atomic E-state index is 0.0478. The normalized spacial score (nSPS) is 13.1. The van der Waals surface area contributed by atoms with Crippen LogP contribution in [0.25, 0.3) is 0 Å². The average Bonchev–Trinajstić information content (AvgIpc) is 3.21. The summed E-state index contributed by atoms with van der Waals surface area (Å²) in [6.07, 6.45) is 3.55. The summed E-state index contributed by atoms with van der Waals surface area (Å²) < 4.78 is 33.2. The predicted octanol–water partition coefficient (Wildman–Crippen LogP) is 5.29. The number of hydrogen-bond donors (Lipinski definition) is 1. The summed E-state index contributed by atoms with van der Waals surface area (Å²) in [5.41, 5.74) is 1.55. The first-order valence-electron chi connectivity index (χ1n) is 11.3. The van der Waals surface area contributed by atoms with Gasteiger partial charge in [-0.15, -0.1) is 11.3 Å². The molecule has 1 amide bonds. The molecule has 1 aliphatic carbocycles. The van der Waals surface area contributed by atoms with E-state index in [0.29, 0.717) is 15.6 Å². The van der Waals surface area contributed by atoms with E-state index in [1.165, 1.54) is 29.5 Å². The van der Waals surface area contributed by atoms with Crippen molar-refractivity contribution in [3.63, 3.8) is 0 Å². The monoisotopic (exact) mass is 532 g/mol. The van der Waals surface area contributed by atoms with Gasteiger partial charge in [-0.3, -0.25) is 9.10 Å². The van der Waals surface area contributed by atoms with Gasteiger partial charge in [-0.25, -0.2) is 13.2 Å². The van der Waals surface area contributed by atoms with Gasteiger partial charge in [0, 0.05) is 9.90 Å². The lowest BCUT2D eigenvalue weighted by Gasteiger charge is -2.24. The van der Waals surface area contributed by atoms with Gasteiger partial charge in [-0.2, -0.15) is 0 Å². The van der Waals surface area contributed by atoms with Crippen molar-refractivity contribution in [2.45, 2.75) is 37.5 Å². The molecule has 1 N–H and O–H groups in total. The molecular weight excluding hydrogens is 508 g/mol. The highest BCUT2D eigenvalue weighted by molar-refractivity contribution is 7.92. The number of carbonyl (C=O) groups is 2. The Morgan fingerprint density at radius 3 is 2.54 bits per heavy atom. The molecule has 0 aliphatic heterocycles. The summed E-state index contributed by atoms with van der Waals surface area (Å²) in [4.78, 5) is 27.0. The molecular formula is C25H25ClN2O5S2. The van der Waals surface area contributed by atoms with Gasteiger partial charge in [0.1, 0.15) is 11.5 Å². The van der Waals surface area contributed by atoms with Gasteiger partial charge in [0.2, 0.25) is 5.91 Å². The van der Waals surface area contributed by atoms with Crippen LogP contribution in [0, 0.1) is 0 Å². The largest absolute Gasteiger partial charge is 0.462 e. The molecule has 0 saturated heterocycles. The van der Waals surface area contributed by atoms with Crippen molar-refractivity contribution in [1.82, 2.24) is 0 Å². The summed E-state index contributed by atoms with van der Waals surface area (Å²) in [6.45, 7) is 1.45. The number of hydrogen-bond acceptors (Lipinski definition) is 6. The van der Waals surface area contributed by atoms with E-state index in [-0.39, 0.29) is 17.2 Å². The van der Waals surface area contributed by atoms with Gasteiger partial charge < -0.3 is 10.1 Å². The lowest BCUT2D eigenvalue weighted by Crippen LogP contribution is -2.38. The molecule has 0 fully saturated rings. The third kappa shape index (κ3) is 5.52. The SMILES string of the molecule is CCOC(=O)c1c(NC(=O)CN(c2cccc(Cl)c2)S(=O)(=O)c2ccccc2)sc2c1CCCC2. The number of nitrogens with one attached hydrogen (secondary N) is 1. The fourth-order valence-electron chi connectivity index (χ4n) is 4.04. The van der Waals surface area contributed by atoms with E-state index in [1.54, 1.807) is 43.3 Å². The molecule has 1 aliphatic rings. The van der Waals surface area contributed by atoms with Gasteiger partial charge in [0.05, 0.1) is 22.8 Å². The van der Waals surface area contributed by atoms with Crippen molar-refractivity contribution in [3.8, 4) is 0 Å². The first-order valence-corrected chi connectivity index (χ1v) is 13.9. The van der Waals surface area contributed by atoms with Crippen LogP contribution in [0.4, 0.5) is 10.7 Å². The number of carbonyl (C=O) groups excluding carboxylic acids is 2. The van der Waals surface area contributed by atoms with Crippen molar-refractivity contribution in [2.75, 3.05) is 22.8 Å². The van der Waals surface area contributed by atoms with Crippen LogP contribution in [-0.4, -0.2) is 33.4 Å². The number of amides is 1. The maximum absolute atomic E-state index is 13.5. The fraction of sp³-hybridized carbons (Fsp3) is 0.280. The fourth-order valence-corrected chi connectivity index (χ4v) is 6.95. The maximum atomic E-state index is 13.5. The highest BCUT2D eigenvalue weighted by atomic mass is 35.5. The number of anilines is 2. The lowest BCUT2D eigenvalue weighted by atomic mass is 9.95. The first kappa shape index (κ1) is 25.2. The van der Waals surface area contributed by atoms with E-state index in [4.69, 9.17) is 16.3 Å². The Hall–Kier alpha value is -2.88. The molecule has 0 unspecified atom stereocenters. The van der Waals surface area contributed by atoms with E-state index < -0.39 is 28.4 Å². The summed E-state index contributed by atoms with van der Waals surface area (Å²) in [5.74, 6) is -1.06. The smallest absolute Gasteiger partial charge is 0.341 e. The number of fused-ring (bicyclic) bond motifs is 1. The number of aryl methyl sites for hydroxylation is 1. The Morgan fingerprint density at radius 1 is 1.09 bits per heavy atom. The molecule has 0 bridgehead atoms. The Bertz CT molecular complexity index is 1340. The highest BCUT2D eigenvalue weighted by Crippen LogP contribution is 2.38. The molecule has 35 heavy (non-hydrogen) atoms. The van der Waals surface area contributed by atoms with Crippen molar-refractivity contribution in [1.29, 1.82) is 0 Å². The average molecular weight is 533 g/mol. The highest BCUT2D eigenvalue weighted by Gasteiger charge is 2.30. The number of esters is 1. The summed E-state index contributed by atoms with van der Waals surface area (Å²) in [7, 11) is -4.07. The van der Waals surface area contributed by atoms with Crippen molar-refractivity contribution in [3.05, 3.63) is 75.6 Å². The Morgan fingerprint density at radius 2 is 1.83 bits per heavy atom. The van der Waals surface area contributed by atoms with Crippen LogP contribution >= 0.6 is 22.9 Å². The molecule has 2 aromatic carbocycles. The topological polar surface area (TPSA) is 92.8 Å². The molecule has 4 rings (SSSR count). The summed E-state index contributed by atoms with van der Waals surface area (Å²) >= 11 is 7.47. The number of nitrogens with zero attached hydrogens (tertiary/aromatic N) is 1. The Kier molecular flexibility index (Phi) is 7.78. The third-order valence-corrected chi connectivity index (χ3v) is 8.85. The number of benzene rings is 2. The zero-order valence-corrected chi connectivity index (χ0v) is 21.5. The number of thiophene rings is 1. The zero-order chi connectivity index (χ0) is 25.0. The van der Waals surface area contributed by atoms with Crippen molar-refractivity contribution in [2.24, 2.45) is 0 Å². The van der Waals surface area contributed by atoms with Crippen LogP contribution in [0.5, 0.6) is 0 Å². The summed E-state index contributed by atoms with van der Waals surface area (Å²) in [5, 5.41) is 3.52. The number of halogens is 1. The van der Waals surface area contributed by atoms with Crippen LogP contribution in [0.15, 0.2) is 59.5 Å². The second kappa shape index (κ2) is 10.8. The van der Waals surface area contributed by atoms with Gasteiger partial charge in [-0.1, -0.05) is 35.9 Å². The molecule has 0 saturated carbocycles. The second-order valence-electron chi connectivity index (χ2n) is 7.99. The van der Waals surface area contributed by atoms with Crippen molar-refractivity contribution < 1.29 is 22.7 Å². The lowest BCUT2D eigenvalue weighted by molar-refractivity contribution is -0.114. The van der Waals surface area contributed by atoms with E-state index in [0.717, 1.165) is 40.4 Å². The number of rotatable bonds is 8. The van der Waals surface area contributed by atoms with Crippen LogP contribution in [0.3, 0.4) is 0 Å². The molecule has 1 aromatic heterocycles. The Labute approximate surface area is 213 Å². The molecule has 3 aromatic rings. The minimum atomic E-state index is -4.07. The molecule has 1 heterocycles. The van der Waals surface area contributed by atoms with E-state index in [1.807, 2.05) is 0 Å². The number of sulfonamides is 1. The van der Waals surface area contributed by atoms with Gasteiger partial charge in [0.15, 0.2) is 0 Å². The van der Waals surface area contributed by atoms with Crippen LogP contribution in [-0.2, 0) is 32.4 Å². The predicted molar refractivity (Wildman–Crippen MR) is 138 cm³/mol. The van der Waals surface area contributed by atoms with E-state index in [2.05, 4.69) is 5.32 Å². The first-order chi connectivity index (χ1) is 16.8. The molecule has 10 heteroatoms. The van der Waals surface area contributed by atoms with Crippen LogP contribution in [0.1, 0.15) is 40.6 Å². The van der Waals surface area contributed by atoms with Crippen molar-refractivity contribution >= 4 is 55.5 Å². The van der Waals surface area contributed by atoms with Gasteiger partial charge >= 0.3 is 5.97 Å². The molecule has 0 radical (unpaired) electrons. The third-order valence-electron chi connectivity index (χ3n) is 5.62. The van der Waals surface area contributed by atoms with E-state index in [9.17, 15) is 18.0 Å². The quantitative estimate of drug-likeness (QED) is 0.398. The molecule has 184 valence electrons. The summed E-state index contributed by atoms with van der Waals surface area (Å²) in [6, 6.07) is 14.2. The maximum Gasteiger partial charge on any atom is 0.341 e. The minimum Gasteiger partial charge on any atom is -0.462 e. The molecule has 0 atom stereocenters. The van der Waals surface area contributed by atoms with Gasteiger partial charge in [0.25, 0.3) is 10.0 Å². The van der Waals surface area contributed by atoms with Crippen LogP contribution < -0.4 is 9.62 Å². The van der Waals surface area contributed by atoms with Gasteiger partial charge in [-0.05, 0) is 68.5 Å². The molecule has 0 spiro atoms.